The summed E-state index contributed by atoms with van der Waals surface area (Å²) in [4.78, 5) is 0.0458. The minimum absolute atomic E-state index is 0.0458. The van der Waals surface area contributed by atoms with Gasteiger partial charge in [0.15, 0.2) is 0 Å². The Bertz CT molecular complexity index is 787. The number of nitrogen functional groups attached to an aromatic ring is 1. The van der Waals surface area contributed by atoms with Crippen LogP contribution in [0.3, 0.4) is 0 Å². The third kappa shape index (κ3) is 2.16. The smallest absolute Gasteiger partial charge is 0.266 e. The van der Waals surface area contributed by atoms with Gasteiger partial charge < -0.3 is 5.73 Å². The van der Waals surface area contributed by atoms with Crippen molar-refractivity contribution in [3.8, 4) is 0 Å². The highest BCUT2D eigenvalue weighted by molar-refractivity contribution is 7.93. The molecule has 8 heteroatoms. The molecule has 3 rings (SSSR count). The Kier molecular flexibility index (Phi) is 3.36. The number of hydrogen-bond acceptors (Lipinski definition) is 4. The summed E-state index contributed by atoms with van der Waals surface area (Å²) in [5, 5.41) is 0. The number of anilines is 2. The molecule has 0 spiro atoms. The van der Waals surface area contributed by atoms with Crippen molar-refractivity contribution in [1.29, 1.82) is 0 Å². The minimum atomic E-state index is -3.71. The van der Waals surface area contributed by atoms with Gasteiger partial charge >= 0.3 is 0 Å². The van der Waals surface area contributed by atoms with Crippen LogP contribution in [-0.2, 0) is 16.4 Å². The van der Waals surface area contributed by atoms with E-state index in [9.17, 15) is 8.42 Å². The van der Waals surface area contributed by atoms with Gasteiger partial charge in [-0.15, -0.1) is 11.3 Å². The van der Waals surface area contributed by atoms with Gasteiger partial charge in [-0.2, -0.15) is 0 Å². The quantitative estimate of drug-likeness (QED) is 0.846. The molecule has 0 amide bonds. The summed E-state index contributed by atoms with van der Waals surface area (Å²) < 4.78 is 27.2. The first-order valence-electron chi connectivity index (χ1n) is 5.75. The average Bonchev–Trinajstić information content (AvgIpc) is 2.92. The van der Waals surface area contributed by atoms with Crippen molar-refractivity contribution in [2.75, 3.05) is 16.6 Å². The standard InChI is InChI=1S/C12H10Cl2N2O2S2/c13-11-6-10(12(14)19-11)20(17,18)16-4-3-7-1-2-8(15)5-9(7)16/h1-2,5-6H,3-4,15H2. The lowest BCUT2D eigenvalue weighted by Gasteiger charge is -2.19. The number of sulfonamides is 1. The first-order chi connectivity index (χ1) is 9.39. The number of nitrogens with two attached hydrogens (primary N) is 1. The van der Waals surface area contributed by atoms with E-state index in [4.69, 9.17) is 28.9 Å². The van der Waals surface area contributed by atoms with E-state index in [-0.39, 0.29) is 9.23 Å². The lowest BCUT2D eigenvalue weighted by Crippen LogP contribution is -2.29. The number of thiophene rings is 1. The molecule has 0 atom stereocenters. The molecular formula is C12H10Cl2N2O2S2. The van der Waals surface area contributed by atoms with Crippen molar-refractivity contribution in [3.05, 3.63) is 38.5 Å². The normalized spacial score (nSPS) is 14.6. The summed E-state index contributed by atoms with van der Waals surface area (Å²) >= 11 is 12.8. The summed E-state index contributed by atoms with van der Waals surface area (Å²) in [6.45, 7) is 0.380. The van der Waals surface area contributed by atoms with Gasteiger partial charge in [0.1, 0.15) is 9.23 Å². The monoisotopic (exact) mass is 348 g/mol. The van der Waals surface area contributed by atoms with Crippen LogP contribution in [0.4, 0.5) is 11.4 Å². The van der Waals surface area contributed by atoms with Crippen LogP contribution in [0, 0.1) is 0 Å². The zero-order valence-corrected chi connectivity index (χ0v) is 13.3. The highest BCUT2D eigenvalue weighted by Crippen LogP contribution is 2.40. The van der Waals surface area contributed by atoms with E-state index in [2.05, 4.69) is 0 Å². The Morgan fingerprint density at radius 1 is 1.25 bits per heavy atom. The lowest BCUT2D eigenvalue weighted by atomic mass is 10.1. The molecule has 0 saturated heterocycles. The summed E-state index contributed by atoms with van der Waals surface area (Å²) in [6.07, 6.45) is 0.657. The van der Waals surface area contributed by atoms with E-state index < -0.39 is 10.0 Å². The summed E-state index contributed by atoms with van der Waals surface area (Å²) in [7, 11) is -3.71. The number of hydrogen-bond donors (Lipinski definition) is 1. The molecule has 1 aliphatic rings. The van der Waals surface area contributed by atoms with E-state index in [0.717, 1.165) is 16.9 Å². The summed E-state index contributed by atoms with van der Waals surface area (Å²) in [6, 6.07) is 6.67. The fourth-order valence-electron chi connectivity index (χ4n) is 2.24. The Balaban J connectivity index is 2.11. The fraction of sp³-hybridized carbons (Fsp3) is 0.167. The highest BCUT2D eigenvalue weighted by Gasteiger charge is 2.33. The second-order valence-electron chi connectivity index (χ2n) is 4.40. The zero-order valence-electron chi connectivity index (χ0n) is 10.1. The molecule has 4 nitrogen and oxygen atoms in total. The molecular weight excluding hydrogens is 339 g/mol. The van der Waals surface area contributed by atoms with Gasteiger partial charge in [0.25, 0.3) is 10.0 Å². The summed E-state index contributed by atoms with van der Waals surface area (Å²) in [5.74, 6) is 0. The molecule has 2 N–H and O–H groups in total. The van der Waals surface area contributed by atoms with Crippen LogP contribution in [0.25, 0.3) is 0 Å². The van der Waals surface area contributed by atoms with Crippen molar-refractivity contribution in [2.45, 2.75) is 11.3 Å². The zero-order chi connectivity index (χ0) is 14.5. The Labute approximate surface area is 130 Å². The van der Waals surface area contributed by atoms with Gasteiger partial charge in [-0.05, 0) is 30.2 Å². The van der Waals surface area contributed by atoms with Crippen molar-refractivity contribution in [1.82, 2.24) is 0 Å². The molecule has 1 aromatic heterocycles. The molecule has 2 heterocycles. The number of fused-ring (bicyclic) bond motifs is 1. The SMILES string of the molecule is Nc1ccc2c(c1)N(S(=O)(=O)c1cc(Cl)sc1Cl)CC2. The van der Waals surface area contributed by atoms with E-state index >= 15 is 0 Å². The van der Waals surface area contributed by atoms with Gasteiger partial charge in [0.05, 0.1) is 10.0 Å². The lowest BCUT2D eigenvalue weighted by molar-refractivity contribution is 0.593. The second-order valence-corrected chi connectivity index (χ2v) is 8.52. The van der Waals surface area contributed by atoms with Crippen LogP contribution in [0.15, 0.2) is 29.2 Å². The number of nitrogens with zero attached hydrogens (tertiary/aromatic N) is 1. The van der Waals surface area contributed by atoms with Gasteiger partial charge in [-0.1, -0.05) is 29.3 Å². The van der Waals surface area contributed by atoms with E-state index in [1.807, 2.05) is 6.07 Å². The molecule has 2 aromatic rings. The van der Waals surface area contributed by atoms with Crippen molar-refractivity contribution >= 4 is 55.9 Å². The van der Waals surface area contributed by atoms with Crippen LogP contribution in [0.1, 0.15) is 5.56 Å². The average molecular weight is 349 g/mol. The number of halogens is 2. The first-order valence-corrected chi connectivity index (χ1v) is 8.77. The molecule has 1 aliphatic heterocycles. The molecule has 106 valence electrons. The van der Waals surface area contributed by atoms with E-state index in [1.54, 1.807) is 12.1 Å². The molecule has 0 bridgehead atoms. The third-order valence-corrected chi connectivity index (χ3v) is 6.72. The van der Waals surface area contributed by atoms with Crippen LogP contribution in [0.2, 0.25) is 8.67 Å². The van der Waals surface area contributed by atoms with Crippen LogP contribution in [-0.4, -0.2) is 15.0 Å². The molecule has 0 fully saturated rings. The van der Waals surface area contributed by atoms with Crippen molar-refractivity contribution in [3.63, 3.8) is 0 Å². The molecule has 0 unspecified atom stereocenters. The topological polar surface area (TPSA) is 63.4 Å². The molecule has 0 aliphatic carbocycles. The molecule has 0 radical (unpaired) electrons. The maximum absolute atomic E-state index is 12.7. The van der Waals surface area contributed by atoms with E-state index in [0.29, 0.717) is 28.7 Å². The Morgan fingerprint density at radius 3 is 2.65 bits per heavy atom. The molecule has 1 aromatic carbocycles. The molecule has 0 saturated carbocycles. The Morgan fingerprint density at radius 2 is 2.00 bits per heavy atom. The van der Waals surface area contributed by atoms with Crippen LogP contribution in [0.5, 0.6) is 0 Å². The summed E-state index contributed by atoms with van der Waals surface area (Å²) in [5.41, 5.74) is 7.84. The van der Waals surface area contributed by atoms with Gasteiger partial charge in [-0.3, -0.25) is 4.31 Å². The van der Waals surface area contributed by atoms with Crippen LogP contribution >= 0.6 is 34.5 Å². The largest absolute Gasteiger partial charge is 0.399 e. The first kappa shape index (κ1) is 14.0. The number of rotatable bonds is 2. The maximum Gasteiger partial charge on any atom is 0.266 e. The fourth-order valence-corrected chi connectivity index (χ4v) is 5.85. The van der Waals surface area contributed by atoms with Gasteiger partial charge in [0.2, 0.25) is 0 Å². The van der Waals surface area contributed by atoms with Crippen molar-refractivity contribution < 1.29 is 8.42 Å². The van der Waals surface area contributed by atoms with Gasteiger partial charge in [0, 0.05) is 12.2 Å². The minimum Gasteiger partial charge on any atom is -0.399 e. The second kappa shape index (κ2) is 4.80. The Hall–Kier alpha value is -0.950. The maximum atomic E-state index is 12.7. The van der Waals surface area contributed by atoms with Gasteiger partial charge in [-0.25, -0.2) is 8.42 Å². The number of benzene rings is 1. The third-order valence-electron chi connectivity index (χ3n) is 3.16. The predicted octanol–water partition coefficient (Wildman–Crippen LogP) is 3.39. The molecule has 20 heavy (non-hydrogen) atoms. The van der Waals surface area contributed by atoms with Crippen molar-refractivity contribution in [2.24, 2.45) is 0 Å². The highest BCUT2D eigenvalue weighted by atomic mass is 35.5. The predicted molar refractivity (Wildman–Crippen MR) is 83.4 cm³/mol. The van der Waals surface area contributed by atoms with E-state index in [1.165, 1.54) is 10.4 Å². The van der Waals surface area contributed by atoms with Crippen LogP contribution < -0.4 is 10.0 Å².